The molecule has 0 saturated carbocycles. The molecule has 1 atom stereocenters. The Labute approximate surface area is 104 Å². The Morgan fingerprint density at radius 3 is 2.71 bits per heavy atom. The molecule has 1 aromatic rings. The molecule has 0 spiro atoms. The molecule has 0 amide bonds. The van der Waals surface area contributed by atoms with Crippen LogP contribution in [0, 0.1) is 5.92 Å². The van der Waals surface area contributed by atoms with Crippen LogP contribution in [-0.2, 0) is 6.54 Å². The second kappa shape index (κ2) is 6.45. The van der Waals surface area contributed by atoms with E-state index in [-0.39, 0.29) is 0 Å². The van der Waals surface area contributed by atoms with Gasteiger partial charge in [0.05, 0.1) is 7.11 Å². The number of hydrogen-bond donors (Lipinski definition) is 1. The lowest BCUT2D eigenvalue weighted by Crippen LogP contribution is -2.23. The fourth-order valence-corrected chi connectivity index (χ4v) is 2.21. The zero-order chi connectivity index (χ0) is 11.9. The van der Waals surface area contributed by atoms with Gasteiger partial charge in [0, 0.05) is 6.54 Å². The maximum absolute atomic E-state index is 5.14. The van der Waals surface area contributed by atoms with Crippen molar-refractivity contribution in [2.45, 2.75) is 25.8 Å². The van der Waals surface area contributed by atoms with Gasteiger partial charge in [0.25, 0.3) is 0 Å². The highest BCUT2D eigenvalue weighted by molar-refractivity contribution is 5.26. The number of methoxy groups -OCH3 is 1. The summed E-state index contributed by atoms with van der Waals surface area (Å²) in [6.07, 6.45) is 8.40. The van der Waals surface area contributed by atoms with Crippen LogP contribution in [0.4, 0.5) is 0 Å². The van der Waals surface area contributed by atoms with Crippen molar-refractivity contribution in [2.75, 3.05) is 13.7 Å². The molecule has 2 heteroatoms. The molecule has 1 N–H and O–H groups in total. The van der Waals surface area contributed by atoms with Gasteiger partial charge >= 0.3 is 0 Å². The lowest BCUT2D eigenvalue weighted by atomic mass is 9.94. The Balaban J connectivity index is 1.72. The van der Waals surface area contributed by atoms with E-state index in [9.17, 15) is 0 Å². The Morgan fingerprint density at radius 2 is 2.06 bits per heavy atom. The second-order valence-corrected chi connectivity index (χ2v) is 4.63. The van der Waals surface area contributed by atoms with E-state index in [1.807, 2.05) is 12.1 Å². The Bertz CT molecular complexity index is 356. The number of benzene rings is 1. The minimum Gasteiger partial charge on any atom is -0.497 e. The van der Waals surface area contributed by atoms with Gasteiger partial charge in [-0.2, -0.15) is 0 Å². The summed E-state index contributed by atoms with van der Waals surface area (Å²) >= 11 is 0. The Morgan fingerprint density at radius 1 is 1.24 bits per heavy atom. The maximum Gasteiger partial charge on any atom is 0.118 e. The van der Waals surface area contributed by atoms with Crippen molar-refractivity contribution in [3.8, 4) is 5.75 Å². The molecule has 2 rings (SSSR count). The third-order valence-corrected chi connectivity index (χ3v) is 3.30. The predicted octanol–water partition coefficient (Wildman–Crippen LogP) is 3.14. The van der Waals surface area contributed by atoms with E-state index in [2.05, 4.69) is 29.6 Å². The summed E-state index contributed by atoms with van der Waals surface area (Å²) in [5.41, 5.74) is 1.32. The molecule has 1 aromatic carbocycles. The van der Waals surface area contributed by atoms with Crippen LogP contribution >= 0.6 is 0 Å². The molecular formula is C15H21NO. The number of ether oxygens (including phenoxy) is 1. The van der Waals surface area contributed by atoms with Crippen LogP contribution in [0.25, 0.3) is 0 Å². The quantitative estimate of drug-likeness (QED) is 0.786. The first-order chi connectivity index (χ1) is 8.38. The van der Waals surface area contributed by atoms with Gasteiger partial charge in [-0.05, 0) is 49.4 Å². The van der Waals surface area contributed by atoms with Crippen LogP contribution in [-0.4, -0.2) is 13.7 Å². The lowest BCUT2D eigenvalue weighted by Gasteiger charge is -2.18. The molecule has 17 heavy (non-hydrogen) atoms. The van der Waals surface area contributed by atoms with Crippen molar-refractivity contribution in [1.82, 2.24) is 5.32 Å². The summed E-state index contributed by atoms with van der Waals surface area (Å²) in [6.45, 7) is 2.07. The first kappa shape index (κ1) is 12.2. The van der Waals surface area contributed by atoms with Gasteiger partial charge in [0.2, 0.25) is 0 Å². The smallest absolute Gasteiger partial charge is 0.118 e. The molecule has 1 aliphatic carbocycles. The van der Waals surface area contributed by atoms with Crippen LogP contribution < -0.4 is 10.1 Å². The third-order valence-electron chi connectivity index (χ3n) is 3.30. The molecule has 0 heterocycles. The largest absolute Gasteiger partial charge is 0.497 e. The molecule has 1 aliphatic rings. The van der Waals surface area contributed by atoms with E-state index < -0.39 is 0 Å². The predicted molar refractivity (Wildman–Crippen MR) is 71.2 cm³/mol. The molecule has 92 valence electrons. The van der Waals surface area contributed by atoms with Gasteiger partial charge in [0.15, 0.2) is 0 Å². The molecule has 1 unspecified atom stereocenters. The number of hydrogen-bond acceptors (Lipinski definition) is 2. The molecule has 0 aliphatic heterocycles. The molecule has 0 bridgehead atoms. The second-order valence-electron chi connectivity index (χ2n) is 4.63. The molecular weight excluding hydrogens is 210 g/mol. The standard InChI is InChI=1S/C15H21NO/c1-17-15-9-7-14(8-10-15)12-16-11-13-5-3-2-4-6-13/h2-3,7-10,13,16H,4-6,11-12H2,1H3. The van der Waals surface area contributed by atoms with Gasteiger partial charge in [0.1, 0.15) is 5.75 Å². The van der Waals surface area contributed by atoms with Gasteiger partial charge in [-0.3, -0.25) is 0 Å². The average molecular weight is 231 g/mol. The topological polar surface area (TPSA) is 21.3 Å². The number of allylic oxidation sites excluding steroid dienone is 2. The van der Waals surface area contributed by atoms with Crippen molar-refractivity contribution in [3.63, 3.8) is 0 Å². The van der Waals surface area contributed by atoms with Crippen LogP contribution in [0.5, 0.6) is 5.75 Å². The zero-order valence-corrected chi connectivity index (χ0v) is 10.5. The SMILES string of the molecule is COc1ccc(CNCC2CC=CCC2)cc1. The third kappa shape index (κ3) is 3.90. The highest BCUT2D eigenvalue weighted by Gasteiger charge is 2.08. The van der Waals surface area contributed by atoms with E-state index in [1.54, 1.807) is 7.11 Å². The molecule has 2 nitrogen and oxygen atoms in total. The summed E-state index contributed by atoms with van der Waals surface area (Å²) in [7, 11) is 1.70. The van der Waals surface area contributed by atoms with Crippen molar-refractivity contribution >= 4 is 0 Å². The number of rotatable bonds is 5. The van der Waals surface area contributed by atoms with E-state index in [0.717, 1.165) is 24.8 Å². The molecule has 0 aromatic heterocycles. The fourth-order valence-electron chi connectivity index (χ4n) is 2.21. The average Bonchev–Trinajstić information content (AvgIpc) is 2.41. The van der Waals surface area contributed by atoms with Gasteiger partial charge in [-0.1, -0.05) is 24.3 Å². The van der Waals surface area contributed by atoms with Gasteiger partial charge < -0.3 is 10.1 Å². The Hall–Kier alpha value is -1.28. The highest BCUT2D eigenvalue weighted by atomic mass is 16.5. The summed E-state index contributed by atoms with van der Waals surface area (Å²) < 4.78 is 5.14. The maximum atomic E-state index is 5.14. The molecule has 0 saturated heterocycles. The van der Waals surface area contributed by atoms with Crippen LogP contribution in [0.2, 0.25) is 0 Å². The van der Waals surface area contributed by atoms with Gasteiger partial charge in [-0.25, -0.2) is 0 Å². The van der Waals surface area contributed by atoms with Crippen LogP contribution in [0.1, 0.15) is 24.8 Å². The van der Waals surface area contributed by atoms with Crippen molar-refractivity contribution < 1.29 is 4.74 Å². The van der Waals surface area contributed by atoms with Crippen molar-refractivity contribution in [2.24, 2.45) is 5.92 Å². The van der Waals surface area contributed by atoms with Gasteiger partial charge in [-0.15, -0.1) is 0 Å². The lowest BCUT2D eigenvalue weighted by molar-refractivity contribution is 0.414. The summed E-state index contributed by atoms with van der Waals surface area (Å²) in [5, 5.41) is 3.53. The summed E-state index contributed by atoms with van der Waals surface area (Å²) in [6, 6.07) is 8.26. The minimum absolute atomic E-state index is 0.818. The summed E-state index contributed by atoms with van der Waals surface area (Å²) in [5.74, 6) is 1.74. The first-order valence-electron chi connectivity index (χ1n) is 6.37. The monoisotopic (exact) mass is 231 g/mol. The number of nitrogens with one attached hydrogen (secondary N) is 1. The highest BCUT2D eigenvalue weighted by Crippen LogP contribution is 2.17. The molecule has 0 radical (unpaired) electrons. The van der Waals surface area contributed by atoms with Crippen LogP contribution in [0.3, 0.4) is 0 Å². The van der Waals surface area contributed by atoms with E-state index in [4.69, 9.17) is 4.74 Å². The van der Waals surface area contributed by atoms with Crippen molar-refractivity contribution in [1.29, 1.82) is 0 Å². The fraction of sp³-hybridized carbons (Fsp3) is 0.467. The zero-order valence-electron chi connectivity index (χ0n) is 10.5. The minimum atomic E-state index is 0.818. The van der Waals surface area contributed by atoms with E-state index in [1.165, 1.54) is 24.8 Å². The van der Waals surface area contributed by atoms with Crippen LogP contribution in [0.15, 0.2) is 36.4 Å². The van der Waals surface area contributed by atoms with E-state index >= 15 is 0 Å². The normalized spacial score (nSPS) is 19.2. The van der Waals surface area contributed by atoms with E-state index in [0.29, 0.717) is 0 Å². The first-order valence-corrected chi connectivity index (χ1v) is 6.37. The summed E-state index contributed by atoms with van der Waals surface area (Å²) in [4.78, 5) is 0. The Kier molecular flexibility index (Phi) is 4.63. The molecule has 0 fully saturated rings. The van der Waals surface area contributed by atoms with Crippen molar-refractivity contribution in [3.05, 3.63) is 42.0 Å².